The molecule has 0 spiro atoms. The molecule has 2 heterocycles. The van der Waals surface area contributed by atoms with E-state index in [2.05, 4.69) is 10.2 Å². The molecule has 0 aromatic heterocycles. The first-order valence-corrected chi connectivity index (χ1v) is 7.77. The standard InChI is InChI=1S/C15H20N4O4/c20-14-9-11(1-2-13(14)19(22)23)15(21)18-6-3-12(10-18)17-7-4-16-5-8-17/h1-2,9,12,16,20H,3-8,10H2. The van der Waals surface area contributed by atoms with Crippen LogP contribution in [-0.2, 0) is 0 Å². The van der Waals surface area contributed by atoms with E-state index in [-0.39, 0.29) is 17.2 Å². The van der Waals surface area contributed by atoms with Crippen molar-refractivity contribution in [3.8, 4) is 5.75 Å². The van der Waals surface area contributed by atoms with Gasteiger partial charge in [0.05, 0.1) is 4.92 Å². The summed E-state index contributed by atoms with van der Waals surface area (Å²) in [7, 11) is 0. The minimum absolute atomic E-state index is 0.187. The Hall–Kier alpha value is -2.19. The maximum absolute atomic E-state index is 12.5. The molecule has 1 aromatic rings. The minimum Gasteiger partial charge on any atom is -0.502 e. The number of aromatic hydroxyl groups is 1. The average molecular weight is 320 g/mol. The number of likely N-dealkylation sites (tertiary alicyclic amines) is 1. The third kappa shape index (κ3) is 3.27. The van der Waals surface area contributed by atoms with Crippen LogP contribution in [0.15, 0.2) is 18.2 Å². The lowest BCUT2D eigenvalue weighted by molar-refractivity contribution is -0.385. The number of nitrogens with one attached hydrogen (secondary N) is 1. The smallest absolute Gasteiger partial charge is 0.310 e. The molecule has 8 nitrogen and oxygen atoms in total. The number of phenols is 1. The number of carbonyl (C=O) groups is 1. The Balaban J connectivity index is 1.67. The molecule has 2 aliphatic rings. The molecule has 1 atom stereocenters. The van der Waals surface area contributed by atoms with Gasteiger partial charge in [-0.25, -0.2) is 0 Å². The fourth-order valence-electron chi connectivity index (χ4n) is 3.27. The van der Waals surface area contributed by atoms with Gasteiger partial charge in [-0.15, -0.1) is 0 Å². The summed E-state index contributed by atoms with van der Waals surface area (Å²) in [5.41, 5.74) is -0.101. The number of benzene rings is 1. The lowest BCUT2D eigenvalue weighted by Crippen LogP contribution is -2.49. The van der Waals surface area contributed by atoms with Crippen LogP contribution in [0.5, 0.6) is 5.75 Å². The zero-order chi connectivity index (χ0) is 16.4. The van der Waals surface area contributed by atoms with Gasteiger partial charge >= 0.3 is 5.69 Å². The molecule has 1 aromatic carbocycles. The largest absolute Gasteiger partial charge is 0.502 e. The second kappa shape index (κ2) is 6.51. The van der Waals surface area contributed by atoms with E-state index in [0.29, 0.717) is 19.1 Å². The molecule has 2 fully saturated rings. The second-order valence-electron chi connectivity index (χ2n) is 5.94. The first-order valence-electron chi connectivity index (χ1n) is 7.77. The zero-order valence-electron chi connectivity index (χ0n) is 12.8. The highest BCUT2D eigenvalue weighted by Gasteiger charge is 2.31. The molecule has 23 heavy (non-hydrogen) atoms. The van der Waals surface area contributed by atoms with Crippen molar-refractivity contribution in [2.24, 2.45) is 0 Å². The Morgan fingerprint density at radius 3 is 2.70 bits per heavy atom. The van der Waals surface area contributed by atoms with Crippen LogP contribution in [0, 0.1) is 10.1 Å². The Labute approximate surface area is 133 Å². The molecule has 1 amide bonds. The highest BCUT2D eigenvalue weighted by Crippen LogP contribution is 2.27. The first-order chi connectivity index (χ1) is 11.1. The number of nitro groups is 1. The first kappa shape index (κ1) is 15.7. The summed E-state index contributed by atoms with van der Waals surface area (Å²) in [6, 6.07) is 4.12. The Kier molecular flexibility index (Phi) is 4.44. The van der Waals surface area contributed by atoms with E-state index in [9.17, 15) is 20.0 Å². The van der Waals surface area contributed by atoms with Gasteiger partial charge < -0.3 is 15.3 Å². The van der Waals surface area contributed by atoms with Gasteiger partial charge in [0.15, 0.2) is 5.75 Å². The van der Waals surface area contributed by atoms with E-state index in [1.165, 1.54) is 18.2 Å². The number of hydrogen-bond donors (Lipinski definition) is 2. The van der Waals surface area contributed by atoms with Gasteiger partial charge in [-0.3, -0.25) is 19.8 Å². The average Bonchev–Trinajstić information content (AvgIpc) is 3.04. The van der Waals surface area contributed by atoms with Crippen LogP contribution in [0.2, 0.25) is 0 Å². The van der Waals surface area contributed by atoms with E-state index >= 15 is 0 Å². The highest BCUT2D eigenvalue weighted by molar-refractivity contribution is 5.95. The number of phenolic OH excluding ortho intramolecular Hbond substituents is 1. The van der Waals surface area contributed by atoms with Crippen molar-refractivity contribution in [1.82, 2.24) is 15.1 Å². The third-order valence-corrected chi connectivity index (χ3v) is 4.54. The van der Waals surface area contributed by atoms with E-state index in [4.69, 9.17) is 0 Å². The molecule has 2 aliphatic heterocycles. The van der Waals surface area contributed by atoms with Gasteiger partial charge in [-0.2, -0.15) is 0 Å². The quantitative estimate of drug-likeness (QED) is 0.618. The zero-order valence-corrected chi connectivity index (χ0v) is 12.8. The Morgan fingerprint density at radius 1 is 1.30 bits per heavy atom. The van der Waals surface area contributed by atoms with Crippen molar-refractivity contribution in [1.29, 1.82) is 0 Å². The number of piperazine rings is 1. The van der Waals surface area contributed by atoms with Crippen molar-refractivity contribution < 1.29 is 14.8 Å². The second-order valence-corrected chi connectivity index (χ2v) is 5.94. The number of carbonyl (C=O) groups excluding carboxylic acids is 1. The van der Waals surface area contributed by atoms with Crippen molar-refractivity contribution in [2.75, 3.05) is 39.3 Å². The molecule has 3 rings (SSSR count). The molecule has 2 N–H and O–H groups in total. The summed E-state index contributed by atoms with van der Waals surface area (Å²) < 4.78 is 0. The predicted octanol–water partition coefficient (Wildman–Crippen LogP) is 0.420. The molecular formula is C15H20N4O4. The summed E-state index contributed by atoms with van der Waals surface area (Å²) in [4.78, 5) is 26.7. The van der Waals surface area contributed by atoms with E-state index in [0.717, 1.165) is 32.6 Å². The molecule has 2 saturated heterocycles. The Bertz CT molecular complexity index is 615. The predicted molar refractivity (Wildman–Crippen MR) is 83.5 cm³/mol. The number of nitro benzene ring substituents is 1. The summed E-state index contributed by atoms with van der Waals surface area (Å²) >= 11 is 0. The number of rotatable bonds is 3. The highest BCUT2D eigenvalue weighted by atomic mass is 16.6. The fraction of sp³-hybridized carbons (Fsp3) is 0.533. The lowest BCUT2D eigenvalue weighted by Gasteiger charge is -2.32. The van der Waals surface area contributed by atoms with Gasteiger partial charge in [-0.1, -0.05) is 0 Å². The van der Waals surface area contributed by atoms with Crippen LogP contribution < -0.4 is 5.32 Å². The van der Waals surface area contributed by atoms with Crippen LogP contribution in [0.25, 0.3) is 0 Å². The Morgan fingerprint density at radius 2 is 2.04 bits per heavy atom. The van der Waals surface area contributed by atoms with E-state index < -0.39 is 10.7 Å². The summed E-state index contributed by atoms with van der Waals surface area (Å²) in [6.45, 7) is 5.26. The summed E-state index contributed by atoms with van der Waals surface area (Å²) in [6.07, 6.45) is 0.935. The number of amides is 1. The monoisotopic (exact) mass is 320 g/mol. The van der Waals surface area contributed by atoms with Crippen molar-refractivity contribution in [3.05, 3.63) is 33.9 Å². The van der Waals surface area contributed by atoms with E-state index in [1.54, 1.807) is 4.90 Å². The minimum atomic E-state index is -0.667. The summed E-state index contributed by atoms with van der Waals surface area (Å²) in [5.74, 6) is -0.661. The molecule has 0 saturated carbocycles. The lowest BCUT2D eigenvalue weighted by atomic mass is 10.1. The number of hydrogen-bond acceptors (Lipinski definition) is 6. The maximum atomic E-state index is 12.5. The van der Waals surface area contributed by atoms with Gasteiger partial charge in [0.2, 0.25) is 0 Å². The molecule has 8 heteroatoms. The third-order valence-electron chi connectivity index (χ3n) is 4.54. The van der Waals surface area contributed by atoms with Crippen molar-refractivity contribution in [2.45, 2.75) is 12.5 Å². The molecule has 0 aliphatic carbocycles. The molecule has 0 bridgehead atoms. The molecule has 1 unspecified atom stereocenters. The van der Waals surface area contributed by atoms with Crippen molar-refractivity contribution >= 4 is 11.6 Å². The van der Waals surface area contributed by atoms with Crippen LogP contribution in [-0.4, -0.2) is 71.0 Å². The maximum Gasteiger partial charge on any atom is 0.310 e. The van der Waals surface area contributed by atoms with Crippen molar-refractivity contribution in [3.63, 3.8) is 0 Å². The van der Waals surface area contributed by atoms with Crippen LogP contribution in [0.3, 0.4) is 0 Å². The van der Waals surface area contributed by atoms with Crippen LogP contribution in [0.1, 0.15) is 16.8 Å². The van der Waals surface area contributed by atoms with Gasteiger partial charge in [0.1, 0.15) is 0 Å². The number of nitrogens with zero attached hydrogens (tertiary/aromatic N) is 3. The van der Waals surface area contributed by atoms with Crippen LogP contribution in [0.4, 0.5) is 5.69 Å². The van der Waals surface area contributed by atoms with Gasteiger partial charge in [-0.05, 0) is 18.6 Å². The van der Waals surface area contributed by atoms with Gasteiger partial charge in [0.25, 0.3) is 5.91 Å². The SMILES string of the molecule is O=C(c1ccc([N+](=O)[O-])c(O)c1)N1CCC(N2CCNCC2)C1. The molecule has 0 radical (unpaired) electrons. The molecular weight excluding hydrogens is 300 g/mol. The topological polar surface area (TPSA) is 98.9 Å². The fourth-order valence-corrected chi connectivity index (χ4v) is 3.27. The van der Waals surface area contributed by atoms with Gasteiger partial charge in [0, 0.05) is 56.9 Å². The summed E-state index contributed by atoms with van der Waals surface area (Å²) in [5, 5.41) is 23.7. The molecule has 124 valence electrons. The van der Waals surface area contributed by atoms with Crippen LogP contribution >= 0.6 is 0 Å². The van der Waals surface area contributed by atoms with E-state index in [1.807, 2.05) is 0 Å². The normalized spacial score (nSPS) is 22.3.